The molecule has 4 rings (SSSR count). The third-order valence-electron chi connectivity index (χ3n) is 4.66. The first-order chi connectivity index (χ1) is 14.1. The standard InChI is InChI=1S/C24H18O5/c1-15-20(29-24(26)17-8-10-18(27-2)11-9-17)13-12-19-22(25)21(28-23(15)19)14-16-6-4-3-5-7-16/h3-14H,1-2H3/b21-14-. The van der Waals surface area contributed by atoms with Crippen LogP contribution >= 0.6 is 0 Å². The Morgan fingerprint density at radius 1 is 0.966 bits per heavy atom. The highest BCUT2D eigenvalue weighted by Gasteiger charge is 2.30. The van der Waals surface area contributed by atoms with E-state index in [1.165, 1.54) is 0 Å². The molecule has 0 N–H and O–H groups in total. The normalized spacial score (nSPS) is 13.7. The van der Waals surface area contributed by atoms with Crippen LogP contribution in [0.25, 0.3) is 6.08 Å². The molecule has 0 aromatic heterocycles. The van der Waals surface area contributed by atoms with Gasteiger partial charge in [0.05, 0.1) is 18.2 Å². The average Bonchev–Trinajstić information content (AvgIpc) is 3.07. The average molecular weight is 386 g/mol. The third-order valence-corrected chi connectivity index (χ3v) is 4.66. The Labute approximate surface area is 168 Å². The molecule has 29 heavy (non-hydrogen) atoms. The van der Waals surface area contributed by atoms with Crippen LogP contribution in [0.3, 0.4) is 0 Å². The van der Waals surface area contributed by atoms with Crippen molar-refractivity contribution in [2.24, 2.45) is 0 Å². The first kappa shape index (κ1) is 18.5. The van der Waals surface area contributed by atoms with Gasteiger partial charge >= 0.3 is 5.97 Å². The van der Waals surface area contributed by atoms with E-state index in [2.05, 4.69) is 0 Å². The molecule has 0 radical (unpaired) electrons. The van der Waals surface area contributed by atoms with Gasteiger partial charge < -0.3 is 14.2 Å². The minimum Gasteiger partial charge on any atom is -0.497 e. The monoisotopic (exact) mass is 386 g/mol. The minimum atomic E-state index is -0.500. The molecule has 3 aromatic rings. The van der Waals surface area contributed by atoms with E-state index in [0.717, 1.165) is 5.56 Å². The SMILES string of the molecule is COc1ccc(C(=O)Oc2ccc3c(c2C)O/C(=C\c2ccccc2)C3=O)cc1. The molecule has 144 valence electrons. The van der Waals surface area contributed by atoms with Crippen LogP contribution < -0.4 is 14.2 Å². The molecule has 1 heterocycles. The Kier molecular flexibility index (Phi) is 4.87. The number of methoxy groups -OCH3 is 1. The molecule has 0 atom stereocenters. The van der Waals surface area contributed by atoms with Crippen LogP contribution in [-0.4, -0.2) is 18.9 Å². The van der Waals surface area contributed by atoms with Crippen molar-refractivity contribution in [3.8, 4) is 17.2 Å². The van der Waals surface area contributed by atoms with Gasteiger partial charge in [-0.15, -0.1) is 0 Å². The number of hydrogen-bond donors (Lipinski definition) is 0. The van der Waals surface area contributed by atoms with Crippen molar-refractivity contribution in [2.45, 2.75) is 6.92 Å². The minimum absolute atomic E-state index is 0.194. The highest BCUT2D eigenvalue weighted by Crippen LogP contribution is 2.39. The summed E-state index contributed by atoms with van der Waals surface area (Å²) in [5.74, 6) is 0.962. The van der Waals surface area contributed by atoms with Gasteiger partial charge in [0.15, 0.2) is 5.76 Å². The second-order valence-electron chi connectivity index (χ2n) is 6.53. The summed E-state index contributed by atoms with van der Waals surface area (Å²) in [5, 5.41) is 0. The third kappa shape index (κ3) is 3.62. The van der Waals surface area contributed by atoms with Gasteiger partial charge in [0.2, 0.25) is 5.78 Å². The second kappa shape index (κ2) is 7.64. The van der Waals surface area contributed by atoms with E-state index < -0.39 is 5.97 Å². The predicted molar refractivity (Wildman–Crippen MR) is 109 cm³/mol. The summed E-state index contributed by atoms with van der Waals surface area (Å²) >= 11 is 0. The van der Waals surface area contributed by atoms with Gasteiger partial charge in [-0.2, -0.15) is 0 Å². The van der Waals surface area contributed by atoms with Crippen molar-refractivity contribution in [3.05, 3.63) is 94.7 Å². The lowest BCUT2D eigenvalue weighted by molar-refractivity contribution is 0.0733. The molecule has 0 spiro atoms. The summed E-state index contributed by atoms with van der Waals surface area (Å²) in [7, 11) is 1.56. The smallest absolute Gasteiger partial charge is 0.343 e. The maximum atomic E-state index is 12.7. The number of ketones is 1. The number of hydrogen-bond acceptors (Lipinski definition) is 5. The van der Waals surface area contributed by atoms with Crippen LogP contribution in [0.15, 0.2) is 72.5 Å². The number of Topliss-reactive ketones (excluding diaryl/α,β-unsaturated/α-hetero) is 1. The van der Waals surface area contributed by atoms with Crippen LogP contribution in [-0.2, 0) is 0 Å². The Balaban J connectivity index is 1.58. The topological polar surface area (TPSA) is 61.8 Å². The maximum absolute atomic E-state index is 12.7. The Morgan fingerprint density at radius 3 is 2.38 bits per heavy atom. The number of fused-ring (bicyclic) bond motifs is 1. The molecule has 0 bridgehead atoms. The van der Waals surface area contributed by atoms with E-state index in [-0.39, 0.29) is 11.5 Å². The number of carbonyl (C=O) groups is 2. The molecule has 0 saturated carbocycles. The molecule has 0 aliphatic carbocycles. The number of ether oxygens (including phenoxy) is 3. The van der Waals surface area contributed by atoms with Crippen LogP contribution in [0.1, 0.15) is 31.8 Å². The van der Waals surface area contributed by atoms with Crippen molar-refractivity contribution in [3.63, 3.8) is 0 Å². The van der Waals surface area contributed by atoms with Crippen LogP contribution in [0.2, 0.25) is 0 Å². The zero-order valence-electron chi connectivity index (χ0n) is 16.0. The largest absolute Gasteiger partial charge is 0.497 e. The van der Waals surface area contributed by atoms with Gasteiger partial charge in [0, 0.05) is 5.56 Å². The van der Waals surface area contributed by atoms with Gasteiger partial charge in [-0.25, -0.2) is 4.79 Å². The fourth-order valence-electron chi connectivity index (χ4n) is 3.07. The van der Waals surface area contributed by atoms with Crippen LogP contribution in [0, 0.1) is 6.92 Å². The summed E-state index contributed by atoms with van der Waals surface area (Å²) in [5.41, 5.74) is 2.31. The zero-order chi connectivity index (χ0) is 20.4. The maximum Gasteiger partial charge on any atom is 0.343 e. The second-order valence-corrected chi connectivity index (χ2v) is 6.53. The highest BCUT2D eigenvalue weighted by molar-refractivity contribution is 6.15. The van der Waals surface area contributed by atoms with Crippen LogP contribution in [0.5, 0.6) is 17.2 Å². The summed E-state index contributed by atoms with van der Waals surface area (Å²) in [4.78, 5) is 25.1. The molecule has 5 nitrogen and oxygen atoms in total. The highest BCUT2D eigenvalue weighted by atomic mass is 16.5. The fraction of sp³-hybridized carbons (Fsp3) is 0.0833. The Hall–Kier alpha value is -3.86. The molecule has 5 heteroatoms. The van der Waals surface area contributed by atoms with Crippen molar-refractivity contribution >= 4 is 17.8 Å². The van der Waals surface area contributed by atoms with Crippen molar-refractivity contribution in [1.82, 2.24) is 0 Å². The van der Waals surface area contributed by atoms with E-state index in [1.54, 1.807) is 56.5 Å². The van der Waals surface area contributed by atoms with Gasteiger partial charge in [-0.1, -0.05) is 30.3 Å². The zero-order valence-corrected chi connectivity index (χ0v) is 16.0. The van der Waals surface area contributed by atoms with Crippen molar-refractivity contribution in [1.29, 1.82) is 0 Å². The molecule has 1 aliphatic rings. The van der Waals surface area contributed by atoms with Gasteiger partial charge in [0.1, 0.15) is 17.2 Å². The number of carbonyl (C=O) groups excluding carboxylic acids is 2. The predicted octanol–water partition coefficient (Wildman–Crippen LogP) is 4.84. The lowest BCUT2D eigenvalue weighted by atomic mass is 10.1. The lowest BCUT2D eigenvalue weighted by Gasteiger charge is -2.10. The molecule has 0 saturated heterocycles. The van der Waals surface area contributed by atoms with Crippen LogP contribution in [0.4, 0.5) is 0 Å². The fourth-order valence-corrected chi connectivity index (χ4v) is 3.07. The summed E-state index contributed by atoms with van der Waals surface area (Å²) in [6.45, 7) is 1.76. The van der Waals surface area contributed by atoms with E-state index in [1.807, 2.05) is 30.3 Å². The number of rotatable bonds is 4. The summed E-state index contributed by atoms with van der Waals surface area (Å²) in [6, 6.07) is 19.3. The van der Waals surface area contributed by atoms with E-state index in [0.29, 0.717) is 33.9 Å². The summed E-state index contributed by atoms with van der Waals surface area (Å²) < 4.78 is 16.4. The van der Waals surface area contributed by atoms with Gasteiger partial charge in [-0.05, 0) is 55.0 Å². The molecule has 0 unspecified atom stereocenters. The van der Waals surface area contributed by atoms with Gasteiger partial charge in [0.25, 0.3) is 0 Å². The number of benzene rings is 3. The first-order valence-corrected chi connectivity index (χ1v) is 9.06. The number of allylic oxidation sites excluding steroid dienone is 1. The van der Waals surface area contributed by atoms with E-state index in [9.17, 15) is 9.59 Å². The molecule has 0 amide bonds. The molecule has 3 aromatic carbocycles. The van der Waals surface area contributed by atoms with E-state index in [4.69, 9.17) is 14.2 Å². The molecule has 0 fully saturated rings. The first-order valence-electron chi connectivity index (χ1n) is 9.06. The lowest BCUT2D eigenvalue weighted by Crippen LogP contribution is -2.09. The van der Waals surface area contributed by atoms with Crippen molar-refractivity contribution < 1.29 is 23.8 Å². The summed E-state index contributed by atoms with van der Waals surface area (Å²) in [6.07, 6.45) is 1.70. The molecular formula is C24H18O5. The Morgan fingerprint density at radius 2 is 1.69 bits per heavy atom. The number of esters is 1. The van der Waals surface area contributed by atoms with Crippen molar-refractivity contribution in [2.75, 3.05) is 7.11 Å². The quantitative estimate of drug-likeness (QED) is 0.365. The molecule has 1 aliphatic heterocycles. The Bertz CT molecular complexity index is 1110. The van der Waals surface area contributed by atoms with E-state index >= 15 is 0 Å². The molecular weight excluding hydrogens is 368 g/mol. The van der Waals surface area contributed by atoms with Gasteiger partial charge in [-0.3, -0.25) is 4.79 Å².